The van der Waals surface area contributed by atoms with Gasteiger partial charge in [0.1, 0.15) is 6.61 Å². The maximum Gasteiger partial charge on any atom is 0.232 e. The van der Waals surface area contributed by atoms with Gasteiger partial charge in [-0.25, -0.2) is 5.10 Å². The quantitative estimate of drug-likeness (QED) is 0.778. The van der Waals surface area contributed by atoms with Crippen LogP contribution in [0.4, 0.5) is 5.95 Å². The molecule has 0 spiro atoms. The molecular weight excluding hydrogens is 318 g/mol. The Hall–Kier alpha value is -2.42. The van der Waals surface area contributed by atoms with Crippen molar-refractivity contribution in [3.05, 3.63) is 24.3 Å². The molecule has 0 saturated carbocycles. The Morgan fingerprint density at radius 1 is 1.48 bits per heavy atom. The number of hydrogen-bond donors (Lipinski definition) is 2. The molecule has 1 unspecified atom stereocenters. The van der Waals surface area contributed by atoms with Crippen molar-refractivity contribution in [2.75, 3.05) is 31.7 Å². The summed E-state index contributed by atoms with van der Waals surface area (Å²) in [5.74, 6) is 1.86. The highest BCUT2D eigenvalue weighted by Crippen LogP contribution is 2.31. The summed E-state index contributed by atoms with van der Waals surface area (Å²) >= 11 is 1.23. The molecule has 1 aromatic heterocycles. The third kappa shape index (κ3) is 3.86. The summed E-state index contributed by atoms with van der Waals surface area (Å²) in [5, 5.41) is 6.86. The van der Waals surface area contributed by atoms with E-state index in [1.54, 1.807) is 11.9 Å². The molecule has 1 atom stereocenters. The van der Waals surface area contributed by atoms with Crippen LogP contribution in [-0.4, -0.2) is 58.0 Å². The van der Waals surface area contributed by atoms with Gasteiger partial charge >= 0.3 is 0 Å². The van der Waals surface area contributed by atoms with Gasteiger partial charge < -0.3 is 20.1 Å². The number of ether oxygens (including phenoxy) is 2. The van der Waals surface area contributed by atoms with E-state index in [4.69, 9.17) is 15.2 Å². The van der Waals surface area contributed by atoms with Crippen molar-refractivity contribution >= 4 is 23.6 Å². The largest absolute Gasteiger partial charge is 0.486 e. The summed E-state index contributed by atoms with van der Waals surface area (Å²) < 4.78 is 11.5. The summed E-state index contributed by atoms with van der Waals surface area (Å²) in [6, 6.07) is 7.50. The van der Waals surface area contributed by atoms with Crippen molar-refractivity contribution in [2.24, 2.45) is 0 Å². The number of aromatic nitrogens is 3. The van der Waals surface area contributed by atoms with Gasteiger partial charge in [0.05, 0.1) is 12.3 Å². The number of thioether (sulfide) groups is 1. The van der Waals surface area contributed by atoms with E-state index in [1.807, 2.05) is 24.3 Å². The number of nitrogens with two attached hydrogens (primary N) is 1. The summed E-state index contributed by atoms with van der Waals surface area (Å²) in [6.07, 6.45) is -0.192. The van der Waals surface area contributed by atoms with Crippen molar-refractivity contribution in [3.8, 4) is 11.5 Å². The molecule has 0 aliphatic carbocycles. The minimum atomic E-state index is -0.192. The number of rotatable bonds is 5. The van der Waals surface area contributed by atoms with E-state index in [0.717, 1.165) is 5.75 Å². The first-order valence-electron chi connectivity index (χ1n) is 7.05. The van der Waals surface area contributed by atoms with E-state index >= 15 is 0 Å². The van der Waals surface area contributed by atoms with E-state index in [-0.39, 0.29) is 23.7 Å². The first kappa shape index (κ1) is 15.5. The van der Waals surface area contributed by atoms with Crippen LogP contribution >= 0.6 is 11.8 Å². The first-order valence-corrected chi connectivity index (χ1v) is 8.03. The molecule has 0 saturated heterocycles. The monoisotopic (exact) mass is 335 g/mol. The molecule has 0 bridgehead atoms. The van der Waals surface area contributed by atoms with Crippen molar-refractivity contribution in [2.45, 2.75) is 11.3 Å². The van der Waals surface area contributed by atoms with Gasteiger partial charge in [-0.05, 0) is 12.1 Å². The van der Waals surface area contributed by atoms with Crippen molar-refractivity contribution < 1.29 is 14.3 Å². The van der Waals surface area contributed by atoms with Crippen LogP contribution in [0.15, 0.2) is 29.4 Å². The number of nitrogens with one attached hydrogen (secondary N) is 1. The van der Waals surface area contributed by atoms with Gasteiger partial charge in [0.15, 0.2) is 17.6 Å². The van der Waals surface area contributed by atoms with E-state index in [9.17, 15) is 4.79 Å². The molecule has 2 heterocycles. The molecule has 2 aromatic rings. The molecule has 9 heteroatoms. The number of aromatic amines is 1. The number of nitrogen functional groups attached to an aromatic ring is 1. The normalized spacial score (nSPS) is 16.1. The average Bonchev–Trinajstić information content (AvgIpc) is 2.98. The van der Waals surface area contributed by atoms with Gasteiger partial charge in [-0.2, -0.15) is 4.98 Å². The van der Waals surface area contributed by atoms with Crippen LogP contribution < -0.4 is 15.2 Å². The summed E-state index contributed by atoms with van der Waals surface area (Å²) in [7, 11) is 1.74. The zero-order valence-electron chi connectivity index (χ0n) is 12.6. The van der Waals surface area contributed by atoms with Crippen molar-refractivity contribution in [1.82, 2.24) is 20.1 Å². The second-order valence-electron chi connectivity index (χ2n) is 5.06. The standard InChI is InChI=1S/C14H17N5O3S/c1-19(12(20)8-23-14-16-13(15)17-18-14)6-9-7-21-10-4-2-3-5-11(10)22-9/h2-5,9H,6-8H2,1H3,(H3,15,16,17,18). The Kier molecular flexibility index (Phi) is 4.56. The molecule has 122 valence electrons. The van der Waals surface area contributed by atoms with Crippen molar-refractivity contribution in [3.63, 3.8) is 0 Å². The number of carbonyl (C=O) groups excluding carboxylic acids is 1. The number of amides is 1. The molecule has 8 nitrogen and oxygen atoms in total. The number of likely N-dealkylation sites (N-methyl/N-ethyl adjacent to an activating group) is 1. The second-order valence-corrected chi connectivity index (χ2v) is 6.01. The zero-order valence-corrected chi connectivity index (χ0v) is 13.4. The van der Waals surface area contributed by atoms with Crippen LogP contribution in [0.2, 0.25) is 0 Å². The molecule has 23 heavy (non-hydrogen) atoms. The van der Waals surface area contributed by atoms with E-state index in [2.05, 4.69) is 15.2 Å². The Balaban J connectivity index is 1.49. The smallest absolute Gasteiger partial charge is 0.232 e. The molecule has 1 aromatic carbocycles. The Morgan fingerprint density at radius 2 is 2.26 bits per heavy atom. The minimum absolute atomic E-state index is 0.0409. The maximum absolute atomic E-state index is 12.2. The molecule has 3 N–H and O–H groups in total. The van der Waals surface area contributed by atoms with Gasteiger partial charge in [-0.15, -0.1) is 5.10 Å². The lowest BCUT2D eigenvalue weighted by Gasteiger charge is -2.29. The van der Waals surface area contributed by atoms with Gasteiger partial charge in [0, 0.05) is 7.05 Å². The predicted molar refractivity (Wildman–Crippen MR) is 85.5 cm³/mol. The molecule has 1 amide bonds. The lowest BCUT2D eigenvalue weighted by Crippen LogP contribution is -2.42. The highest BCUT2D eigenvalue weighted by molar-refractivity contribution is 7.99. The highest BCUT2D eigenvalue weighted by Gasteiger charge is 2.23. The van der Waals surface area contributed by atoms with Crippen LogP contribution in [0.3, 0.4) is 0 Å². The lowest BCUT2D eigenvalue weighted by molar-refractivity contribution is -0.128. The number of fused-ring (bicyclic) bond motifs is 1. The van der Waals surface area contributed by atoms with Gasteiger partial charge in [0.25, 0.3) is 0 Å². The topological polar surface area (TPSA) is 106 Å². The van der Waals surface area contributed by atoms with E-state index < -0.39 is 0 Å². The average molecular weight is 335 g/mol. The fourth-order valence-corrected chi connectivity index (χ4v) is 2.87. The van der Waals surface area contributed by atoms with Gasteiger partial charge in [0.2, 0.25) is 17.0 Å². The molecule has 0 fully saturated rings. The Labute approximate surface area is 137 Å². The number of anilines is 1. The van der Waals surface area contributed by atoms with E-state index in [1.165, 1.54) is 11.8 Å². The summed E-state index contributed by atoms with van der Waals surface area (Å²) in [4.78, 5) is 17.7. The summed E-state index contributed by atoms with van der Waals surface area (Å²) in [6.45, 7) is 0.864. The third-order valence-electron chi connectivity index (χ3n) is 3.28. The van der Waals surface area contributed by atoms with Crippen LogP contribution in [0.1, 0.15) is 0 Å². The Morgan fingerprint density at radius 3 is 3.00 bits per heavy atom. The fraction of sp³-hybridized carbons (Fsp3) is 0.357. The molecular formula is C14H17N5O3S. The predicted octanol–water partition coefficient (Wildman–Crippen LogP) is 0.777. The number of H-pyrrole nitrogens is 1. The number of hydrogen-bond acceptors (Lipinski definition) is 7. The SMILES string of the molecule is CN(CC1COc2ccccc2O1)C(=O)CSc1n[nH]c(N)n1. The summed E-state index contributed by atoms with van der Waals surface area (Å²) in [5.41, 5.74) is 5.44. The number of para-hydroxylation sites is 2. The van der Waals surface area contributed by atoms with Crippen LogP contribution in [-0.2, 0) is 4.79 Å². The van der Waals surface area contributed by atoms with Crippen LogP contribution in [0.25, 0.3) is 0 Å². The molecule has 3 rings (SSSR count). The molecule has 1 aliphatic heterocycles. The van der Waals surface area contributed by atoms with Crippen LogP contribution in [0.5, 0.6) is 11.5 Å². The van der Waals surface area contributed by atoms with Crippen LogP contribution in [0, 0.1) is 0 Å². The zero-order chi connectivity index (χ0) is 16.2. The lowest BCUT2D eigenvalue weighted by atomic mass is 10.2. The minimum Gasteiger partial charge on any atom is -0.486 e. The second kappa shape index (κ2) is 6.78. The number of carbonyl (C=O) groups is 1. The maximum atomic E-state index is 12.2. The third-order valence-corrected chi connectivity index (χ3v) is 4.11. The van der Waals surface area contributed by atoms with Gasteiger partial charge in [-0.1, -0.05) is 23.9 Å². The highest BCUT2D eigenvalue weighted by atomic mass is 32.2. The first-order chi connectivity index (χ1) is 11.1. The van der Waals surface area contributed by atoms with Crippen molar-refractivity contribution in [1.29, 1.82) is 0 Å². The molecule has 0 radical (unpaired) electrons. The number of nitrogens with zero attached hydrogens (tertiary/aromatic N) is 3. The van der Waals surface area contributed by atoms with Gasteiger partial charge in [-0.3, -0.25) is 4.79 Å². The number of benzene rings is 1. The Bertz CT molecular complexity index is 693. The van der Waals surface area contributed by atoms with E-state index in [0.29, 0.717) is 24.1 Å². The molecule has 1 aliphatic rings. The fourth-order valence-electron chi connectivity index (χ4n) is 2.12.